The molecule has 3 saturated heterocycles. The Morgan fingerprint density at radius 3 is 2.40 bits per heavy atom. The molecule has 4 fully saturated rings. The maximum Gasteiger partial charge on any atom is 0.490 e. The first-order valence-corrected chi connectivity index (χ1v) is 11.8. The van der Waals surface area contributed by atoms with Crippen LogP contribution in [0.2, 0.25) is 0 Å². The Hall–Kier alpha value is -0.950. The predicted molar refractivity (Wildman–Crippen MR) is 101 cm³/mol. The van der Waals surface area contributed by atoms with Crippen molar-refractivity contribution in [3.8, 4) is 0 Å². The zero-order valence-corrected chi connectivity index (χ0v) is 17.6. The molecule has 1 saturated carbocycles. The van der Waals surface area contributed by atoms with Gasteiger partial charge in [-0.25, -0.2) is 13.2 Å². The predicted octanol–water partition coefficient (Wildman–Crippen LogP) is 1.46. The van der Waals surface area contributed by atoms with Gasteiger partial charge in [0, 0.05) is 26.1 Å². The van der Waals surface area contributed by atoms with Gasteiger partial charge in [-0.2, -0.15) is 17.5 Å². The van der Waals surface area contributed by atoms with Gasteiger partial charge in [-0.05, 0) is 45.2 Å². The second-order valence-electron chi connectivity index (χ2n) is 8.37. The molecule has 12 heteroatoms. The van der Waals surface area contributed by atoms with Gasteiger partial charge in [0.25, 0.3) is 0 Å². The standard InChI is InChI=1S/C16H28N2O4S.C2HF3O2/c19-23(20,15-3-4-15)18-8-5-16(13-18)11-14(12-22-16)21-10-9-17-6-1-2-7-17;3-2(4,5)1(6)7/h14-15H,1-13H2;(H,6,7)/t14-,16+;/m1./s1. The number of hydrogen-bond acceptors (Lipinski definition) is 6. The molecule has 30 heavy (non-hydrogen) atoms. The van der Waals surface area contributed by atoms with E-state index in [1.807, 2.05) is 0 Å². The van der Waals surface area contributed by atoms with Crippen LogP contribution in [0, 0.1) is 0 Å². The van der Waals surface area contributed by atoms with Gasteiger partial charge in [0.15, 0.2) is 0 Å². The van der Waals surface area contributed by atoms with E-state index >= 15 is 0 Å². The Labute approximate surface area is 174 Å². The van der Waals surface area contributed by atoms with Crippen molar-refractivity contribution in [2.24, 2.45) is 0 Å². The molecule has 4 aliphatic rings. The lowest BCUT2D eigenvalue weighted by Crippen LogP contribution is -2.37. The molecule has 8 nitrogen and oxygen atoms in total. The van der Waals surface area contributed by atoms with Crippen LogP contribution in [0.15, 0.2) is 0 Å². The third kappa shape index (κ3) is 6.06. The molecule has 1 N–H and O–H groups in total. The van der Waals surface area contributed by atoms with Crippen LogP contribution >= 0.6 is 0 Å². The second-order valence-corrected chi connectivity index (χ2v) is 10.6. The molecule has 0 amide bonds. The van der Waals surface area contributed by atoms with E-state index in [0.717, 1.165) is 38.8 Å². The Balaban J connectivity index is 0.000000318. The first-order chi connectivity index (χ1) is 14.0. The van der Waals surface area contributed by atoms with Crippen LogP contribution in [0.25, 0.3) is 0 Å². The fraction of sp³-hybridized carbons (Fsp3) is 0.944. The number of ether oxygens (including phenoxy) is 2. The molecule has 0 bridgehead atoms. The van der Waals surface area contributed by atoms with Crippen LogP contribution in [0.5, 0.6) is 0 Å². The highest BCUT2D eigenvalue weighted by Crippen LogP contribution is 2.40. The summed E-state index contributed by atoms with van der Waals surface area (Å²) in [7, 11) is -3.07. The lowest BCUT2D eigenvalue weighted by molar-refractivity contribution is -0.192. The normalized spacial score (nSPS) is 30.6. The van der Waals surface area contributed by atoms with Crippen molar-refractivity contribution >= 4 is 16.0 Å². The number of halogens is 3. The van der Waals surface area contributed by atoms with Crippen LogP contribution in [0.1, 0.15) is 38.5 Å². The fourth-order valence-electron chi connectivity index (χ4n) is 4.15. The zero-order valence-electron chi connectivity index (χ0n) is 16.8. The lowest BCUT2D eigenvalue weighted by Gasteiger charge is -2.23. The van der Waals surface area contributed by atoms with Crippen molar-refractivity contribution in [2.75, 3.05) is 45.9 Å². The van der Waals surface area contributed by atoms with Gasteiger partial charge in [-0.1, -0.05) is 0 Å². The van der Waals surface area contributed by atoms with E-state index < -0.39 is 22.2 Å². The van der Waals surface area contributed by atoms with Crippen LogP contribution in [-0.2, 0) is 24.3 Å². The van der Waals surface area contributed by atoms with Gasteiger partial charge in [0.05, 0.1) is 30.2 Å². The average Bonchev–Trinajstić information content (AvgIpc) is 3.08. The van der Waals surface area contributed by atoms with E-state index in [1.165, 1.54) is 25.9 Å². The van der Waals surface area contributed by atoms with Crippen LogP contribution < -0.4 is 0 Å². The van der Waals surface area contributed by atoms with E-state index in [0.29, 0.717) is 19.7 Å². The number of aliphatic carboxylic acids is 1. The topological polar surface area (TPSA) is 96.4 Å². The van der Waals surface area contributed by atoms with Gasteiger partial charge in [-0.15, -0.1) is 0 Å². The summed E-state index contributed by atoms with van der Waals surface area (Å²) in [6, 6.07) is 0. The summed E-state index contributed by atoms with van der Waals surface area (Å²) in [6.45, 7) is 5.90. The minimum atomic E-state index is -5.08. The first-order valence-electron chi connectivity index (χ1n) is 10.3. The highest BCUT2D eigenvalue weighted by Gasteiger charge is 2.51. The van der Waals surface area contributed by atoms with Crippen molar-refractivity contribution in [1.29, 1.82) is 0 Å². The van der Waals surface area contributed by atoms with E-state index in [-0.39, 0.29) is 17.0 Å². The summed E-state index contributed by atoms with van der Waals surface area (Å²) in [5.74, 6) is -2.76. The summed E-state index contributed by atoms with van der Waals surface area (Å²) in [6.07, 6.45) is 0.960. The Morgan fingerprint density at radius 2 is 1.83 bits per heavy atom. The SMILES string of the molecule is O=C(O)C(F)(F)F.O=S(=O)(C1CC1)N1CC[C@]2(C[C@@H](OCCN3CCCC3)CO2)C1. The smallest absolute Gasteiger partial charge is 0.475 e. The molecule has 0 aromatic heterocycles. The molecule has 1 aliphatic carbocycles. The van der Waals surface area contributed by atoms with Gasteiger partial charge in [0.1, 0.15) is 0 Å². The largest absolute Gasteiger partial charge is 0.490 e. The van der Waals surface area contributed by atoms with E-state index in [4.69, 9.17) is 19.4 Å². The summed E-state index contributed by atoms with van der Waals surface area (Å²) in [5.41, 5.74) is -0.291. The number of rotatable bonds is 6. The van der Waals surface area contributed by atoms with Gasteiger partial charge in [0.2, 0.25) is 10.0 Å². The van der Waals surface area contributed by atoms with E-state index in [9.17, 15) is 21.6 Å². The zero-order chi connectivity index (χ0) is 22.0. The number of nitrogens with zero attached hydrogens (tertiary/aromatic N) is 2. The molecule has 0 aromatic rings. The fourth-order valence-corrected chi connectivity index (χ4v) is 6.06. The number of hydrogen-bond donors (Lipinski definition) is 1. The van der Waals surface area contributed by atoms with Crippen LogP contribution in [0.4, 0.5) is 13.2 Å². The minimum Gasteiger partial charge on any atom is -0.475 e. The molecule has 174 valence electrons. The van der Waals surface area contributed by atoms with Gasteiger partial charge in [-0.3, -0.25) is 0 Å². The summed E-state index contributed by atoms with van der Waals surface area (Å²) in [5, 5.41) is 7.01. The van der Waals surface area contributed by atoms with Crippen molar-refractivity contribution in [3.05, 3.63) is 0 Å². The molecular weight excluding hydrogens is 429 g/mol. The third-order valence-electron chi connectivity index (χ3n) is 5.96. The van der Waals surface area contributed by atoms with E-state index in [2.05, 4.69) is 4.90 Å². The average molecular weight is 458 g/mol. The first kappa shape index (κ1) is 23.7. The molecule has 1 spiro atoms. The minimum absolute atomic E-state index is 0.119. The quantitative estimate of drug-likeness (QED) is 0.644. The lowest BCUT2D eigenvalue weighted by atomic mass is 9.98. The summed E-state index contributed by atoms with van der Waals surface area (Å²) >= 11 is 0. The van der Waals surface area contributed by atoms with Crippen LogP contribution in [-0.4, -0.2) is 97.8 Å². The number of carbonyl (C=O) groups is 1. The van der Waals surface area contributed by atoms with Crippen molar-refractivity contribution in [3.63, 3.8) is 0 Å². The molecule has 0 radical (unpaired) electrons. The maximum absolute atomic E-state index is 12.4. The molecule has 0 unspecified atom stereocenters. The second kappa shape index (κ2) is 9.27. The Morgan fingerprint density at radius 1 is 1.20 bits per heavy atom. The van der Waals surface area contributed by atoms with Gasteiger partial charge < -0.3 is 19.5 Å². The Kier molecular flexibility index (Phi) is 7.33. The molecule has 3 heterocycles. The monoisotopic (exact) mass is 458 g/mol. The Bertz CT molecular complexity index is 709. The highest BCUT2D eigenvalue weighted by molar-refractivity contribution is 7.90. The molecular formula is C18H29F3N2O6S. The molecule has 2 atom stereocenters. The number of alkyl halides is 3. The number of likely N-dealkylation sites (tertiary alicyclic amines) is 1. The van der Waals surface area contributed by atoms with Gasteiger partial charge >= 0.3 is 12.1 Å². The van der Waals surface area contributed by atoms with Crippen molar-refractivity contribution in [2.45, 2.75) is 61.7 Å². The van der Waals surface area contributed by atoms with Crippen molar-refractivity contribution < 1.29 is 41.0 Å². The van der Waals surface area contributed by atoms with Crippen LogP contribution in [0.3, 0.4) is 0 Å². The number of sulfonamides is 1. The molecule has 4 rings (SSSR count). The number of carboxylic acids is 1. The highest BCUT2D eigenvalue weighted by atomic mass is 32.2. The molecule has 3 aliphatic heterocycles. The summed E-state index contributed by atoms with van der Waals surface area (Å²) in [4.78, 5) is 11.3. The maximum atomic E-state index is 12.4. The van der Waals surface area contributed by atoms with Crippen molar-refractivity contribution in [1.82, 2.24) is 9.21 Å². The molecule has 0 aromatic carbocycles. The summed E-state index contributed by atoms with van der Waals surface area (Å²) < 4.78 is 70.2. The van der Waals surface area contributed by atoms with E-state index in [1.54, 1.807) is 4.31 Å². The third-order valence-corrected chi connectivity index (χ3v) is 8.31. The number of carboxylic acid groups (broad SMARTS) is 1.